The van der Waals surface area contributed by atoms with Gasteiger partial charge in [0.25, 0.3) is 0 Å². The molecule has 5 nitrogen and oxygen atoms in total. The minimum absolute atomic E-state index is 0.0229. The summed E-state index contributed by atoms with van der Waals surface area (Å²) in [4.78, 5) is 23.6. The van der Waals surface area contributed by atoms with E-state index < -0.39 is 0 Å². The third kappa shape index (κ3) is 3.85. The lowest BCUT2D eigenvalue weighted by atomic mass is 9.94. The molecule has 1 aromatic heterocycles. The number of nitrogens with zero attached hydrogens (tertiary/aromatic N) is 3. The zero-order valence-corrected chi connectivity index (χ0v) is 17.9. The molecule has 0 radical (unpaired) electrons. The van der Waals surface area contributed by atoms with E-state index in [1.165, 1.54) is 37.0 Å². The normalized spacial score (nSPS) is 20.5. The molecule has 2 heterocycles. The van der Waals surface area contributed by atoms with Crippen LogP contribution in [0.15, 0.2) is 66.0 Å². The minimum Gasteiger partial charge on any atom is -0.297 e. The van der Waals surface area contributed by atoms with Crippen LogP contribution in [0.3, 0.4) is 0 Å². The Balaban J connectivity index is 1.46. The molecule has 1 N–H and O–H groups in total. The van der Waals surface area contributed by atoms with Crippen LogP contribution in [0.1, 0.15) is 32.1 Å². The molecule has 2 fully saturated rings. The van der Waals surface area contributed by atoms with Crippen molar-refractivity contribution in [1.82, 2.24) is 4.98 Å². The predicted octanol–water partition coefficient (Wildman–Crippen LogP) is 4.39. The van der Waals surface area contributed by atoms with Gasteiger partial charge in [0.2, 0.25) is 0 Å². The third-order valence-corrected chi connectivity index (χ3v) is 7.09. The summed E-state index contributed by atoms with van der Waals surface area (Å²) >= 11 is 1.55. The van der Waals surface area contributed by atoms with Crippen LogP contribution in [-0.4, -0.2) is 30.4 Å². The topological polar surface area (TPSA) is 40.9 Å². The maximum atomic E-state index is 13.5. The lowest BCUT2D eigenvalue weighted by Gasteiger charge is -2.42. The van der Waals surface area contributed by atoms with Gasteiger partial charge in [0.05, 0.1) is 17.4 Å². The number of carbonyl (C=O) groups excluding carboxylic acids is 1. The molecule has 30 heavy (non-hydrogen) atoms. The number of aromatic nitrogens is 1. The number of nitrogens with one attached hydrogen (secondary N) is 1. The number of hydrogen-bond donors (Lipinski definition) is 1. The van der Waals surface area contributed by atoms with Gasteiger partial charge in [-0.3, -0.25) is 4.90 Å². The zero-order valence-electron chi connectivity index (χ0n) is 17.0. The number of hydrogen-bond acceptors (Lipinski definition) is 3. The Morgan fingerprint density at radius 3 is 2.27 bits per heavy atom. The monoisotopic (exact) mass is 419 g/mol. The Labute approximate surface area is 181 Å². The van der Waals surface area contributed by atoms with Gasteiger partial charge >= 0.3 is 6.03 Å². The van der Waals surface area contributed by atoms with Crippen LogP contribution in [0.5, 0.6) is 0 Å². The molecule has 0 spiro atoms. The number of para-hydroxylation sites is 1. The van der Waals surface area contributed by atoms with Gasteiger partial charge in [-0.15, -0.1) is 11.3 Å². The fourth-order valence-electron chi connectivity index (χ4n) is 4.60. The highest BCUT2D eigenvalue weighted by Gasteiger charge is 2.39. The predicted molar refractivity (Wildman–Crippen MR) is 122 cm³/mol. The quantitative estimate of drug-likeness (QED) is 0.681. The van der Waals surface area contributed by atoms with E-state index in [1.54, 1.807) is 11.3 Å². The van der Waals surface area contributed by atoms with E-state index in [9.17, 15) is 4.79 Å². The Kier molecular flexibility index (Phi) is 5.51. The largest absolute Gasteiger partial charge is 0.339 e. The van der Waals surface area contributed by atoms with E-state index in [2.05, 4.69) is 17.5 Å². The van der Waals surface area contributed by atoms with Crippen LogP contribution in [0.4, 0.5) is 15.6 Å². The fourth-order valence-corrected chi connectivity index (χ4v) is 5.42. The van der Waals surface area contributed by atoms with Gasteiger partial charge < -0.3 is 0 Å². The minimum atomic E-state index is 0.0229. The van der Waals surface area contributed by atoms with Gasteiger partial charge in [-0.2, -0.15) is 0 Å². The number of carbonyl (C=O) groups is 1. The van der Waals surface area contributed by atoms with Crippen molar-refractivity contribution in [2.45, 2.75) is 38.1 Å². The standard InChI is InChI=1S/C24H26N4OS/c29-24-27(21-14-8-3-9-15-21)17-26(20-12-6-2-7-13-20)18-28(24)23-25-22(16-30-23)19-10-4-1-5-11-19/h1,3-5,8-11,14-16,20H,2,6-7,12-13,17-18H2/p+1. The van der Waals surface area contributed by atoms with Crippen molar-refractivity contribution in [2.75, 3.05) is 23.1 Å². The Hall–Kier alpha value is -2.70. The van der Waals surface area contributed by atoms with Crippen molar-refractivity contribution in [3.05, 3.63) is 66.0 Å². The number of urea groups is 1. The van der Waals surface area contributed by atoms with E-state index in [0.717, 1.165) is 28.7 Å². The molecule has 2 amide bonds. The maximum Gasteiger partial charge on any atom is 0.339 e. The second-order valence-corrected chi connectivity index (χ2v) is 9.00. The molecule has 1 aliphatic heterocycles. The summed E-state index contributed by atoms with van der Waals surface area (Å²) in [7, 11) is 0. The van der Waals surface area contributed by atoms with Crippen molar-refractivity contribution >= 4 is 28.2 Å². The number of benzene rings is 2. The number of amides is 2. The summed E-state index contributed by atoms with van der Waals surface area (Å²) in [5.41, 5.74) is 2.97. The van der Waals surface area contributed by atoms with E-state index >= 15 is 0 Å². The van der Waals surface area contributed by atoms with Gasteiger partial charge in [0, 0.05) is 10.9 Å². The first kappa shape index (κ1) is 19.3. The first-order valence-corrected chi connectivity index (χ1v) is 11.7. The Bertz CT molecular complexity index is 985. The zero-order chi connectivity index (χ0) is 20.3. The van der Waals surface area contributed by atoms with Crippen LogP contribution in [-0.2, 0) is 0 Å². The average Bonchev–Trinajstić information content (AvgIpc) is 3.31. The Morgan fingerprint density at radius 1 is 0.867 bits per heavy atom. The van der Waals surface area contributed by atoms with Crippen LogP contribution < -0.4 is 14.7 Å². The van der Waals surface area contributed by atoms with Crippen molar-refractivity contribution < 1.29 is 9.69 Å². The summed E-state index contributed by atoms with van der Waals surface area (Å²) in [5.74, 6) is 0. The molecule has 3 aromatic rings. The summed E-state index contributed by atoms with van der Waals surface area (Å²) in [6.07, 6.45) is 6.41. The van der Waals surface area contributed by atoms with E-state index in [1.807, 2.05) is 58.3 Å². The number of rotatable bonds is 4. The van der Waals surface area contributed by atoms with Crippen molar-refractivity contribution in [3.63, 3.8) is 0 Å². The van der Waals surface area contributed by atoms with Crippen LogP contribution in [0.25, 0.3) is 11.3 Å². The molecule has 2 aromatic carbocycles. The molecule has 0 bridgehead atoms. The highest BCUT2D eigenvalue weighted by Crippen LogP contribution is 2.29. The highest BCUT2D eigenvalue weighted by molar-refractivity contribution is 7.14. The SMILES string of the molecule is O=C1N(c2ccccc2)C[NH+](C2CCCCC2)CN1c1nc(-c2ccccc2)cs1. The summed E-state index contributed by atoms with van der Waals surface area (Å²) < 4.78 is 0. The van der Waals surface area contributed by atoms with Crippen molar-refractivity contribution in [2.24, 2.45) is 0 Å². The molecule has 1 aliphatic carbocycles. The molecule has 1 saturated heterocycles. The Morgan fingerprint density at radius 2 is 1.53 bits per heavy atom. The highest BCUT2D eigenvalue weighted by atomic mass is 32.1. The molecule has 5 rings (SSSR count). The average molecular weight is 420 g/mol. The molecule has 1 unspecified atom stereocenters. The van der Waals surface area contributed by atoms with Crippen LogP contribution in [0.2, 0.25) is 0 Å². The second-order valence-electron chi connectivity index (χ2n) is 8.16. The molecule has 154 valence electrons. The van der Waals surface area contributed by atoms with Gasteiger partial charge in [-0.25, -0.2) is 19.6 Å². The van der Waals surface area contributed by atoms with Crippen LogP contribution in [0, 0.1) is 0 Å². The summed E-state index contributed by atoms with van der Waals surface area (Å²) in [6.45, 7) is 1.41. The lowest BCUT2D eigenvalue weighted by molar-refractivity contribution is -0.926. The lowest BCUT2D eigenvalue weighted by Crippen LogP contribution is -3.20. The molecular formula is C24H27N4OS+. The number of anilines is 2. The maximum absolute atomic E-state index is 13.5. The van der Waals surface area contributed by atoms with Gasteiger partial charge in [-0.05, 0) is 37.8 Å². The molecule has 1 atom stereocenters. The smallest absolute Gasteiger partial charge is 0.297 e. The summed E-state index contributed by atoms with van der Waals surface area (Å²) in [5, 5.41) is 2.84. The second kappa shape index (κ2) is 8.58. The first-order valence-electron chi connectivity index (χ1n) is 10.8. The fraction of sp³-hybridized carbons (Fsp3) is 0.333. The molecular weight excluding hydrogens is 392 g/mol. The third-order valence-electron chi connectivity index (χ3n) is 6.23. The summed E-state index contributed by atoms with van der Waals surface area (Å²) in [6, 6.07) is 20.8. The van der Waals surface area contributed by atoms with Crippen molar-refractivity contribution in [1.29, 1.82) is 0 Å². The van der Waals surface area contributed by atoms with Gasteiger partial charge in [0.15, 0.2) is 18.5 Å². The van der Waals surface area contributed by atoms with Crippen LogP contribution >= 0.6 is 11.3 Å². The van der Waals surface area contributed by atoms with Gasteiger partial charge in [-0.1, -0.05) is 55.0 Å². The van der Waals surface area contributed by atoms with Gasteiger partial charge in [0.1, 0.15) is 0 Å². The molecule has 6 heteroatoms. The van der Waals surface area contributed by atoms with E-state index in [0.29, 0.717) is 12.7 Å². The number of thiazole rings is 1. The first-order chi connectivity index (χ1) is 14.8. The van der Waals surface area contributed by atoms with E-state index in [4.69, 9.17) is 4.98 Å². The van der Waals surface area contributed by atoms with Crippen molar-refractivity contribution in [3.8, 4) is 11.3 Å². The van der Waals surface area contributed by atoms with E-state index in [-0.39, 0.29) is 6.03 Å². The molecule has 2 aliphatic rings. The molecule has 1 saturated carbocycles. The number of quaternary nitrogens is 1.